The molecule has 0 aromatic rings. The molecule has 0 heterocycles. The third kappa shape index (κ3) is 8.55. The number of thioether (sulfide) groups is 1. The van der Waals surface area contributed by atoms with Crippen molar-refractivity contribution in [3.63, 3.8) is 0 Å². The number of allylic oxidation sites excluding steroid dienone is 1. The van der Waals surface area contributed by atoms with Crippen LogP contribution in [-0.4, -0.2) is 24.6 Å². The summed E-state index contributed by atoms with van der Waals surface area (Å²) in [6.07, 6.45) is 6.80. The molecule has 1 atom stereocenters. The van der Waals surface area contributed by atoms with Crippen molar-refractivity contribution in [1.82, 2.24) is 0 Å². The van der Waals surface area contributed by atoms with Crippen LogP contribution in [0.25, 0.3) is 0 Å². The molecule has 0 aromatic heterocycles. The maximum absolute atomic E-state index is 11.1. The molecule has 0 radical (unpaired) electrons. The van der Waals surface area contributed by atoms with Crippen molar-refractivity contribution in [2.75, 3.05) is 18.6 Å². The van der Waals surface area contributed by atoms with Crippen LogP contribution in [0.15, 0.2) is 12.7 Å². The second kappa shape index (κ2) is 10.1. The predicted molar refractivity (Wildman–Crippen MR) is 67.2 cm³/mol. The first-order valence-electron chi connectivity index (χ1n) is 5.48. The first-order chi connectivity index (χ1) is 7.22. The molecule has 2 nitrogen and oxygen atoms in total. The zero-order valence-corrected chi connectivity index (χ0v) is 10.6. The molecule has 0 aliphatic heterocycles. The van der Waals surface area contributed by atoms with Crippen molar-refractivity contribution in [2.45, 2.75) is 32.6 Å². The summed E-state index contributed by atoms with van der Waals surface area (Å²) in [6, 6.07) is 0. The predicted octanol–water partition coefficient (Wildman–Crippen LogP) is 3.28. The van der Waals surface area contributed by atoms with Crippen LogP contribution < -0.4 is 0 Å². The van der Waals surface area contributed by atoms with Gasteiger partial charge in [-0.1, -0.05) is 19.4 Å². The van der Waals surface area contributed by atoms with Crippen molar-refractivity contribution in [3.05, 3.63) is 12.7 Å². The topological polar surface area (TPSA) is 26.3 Å². The Bertz CT molecular complexity index is 180. The molecule has 0 spiro atoms. The molecule has 0 aromatic carbocycles. The lowest BCUT2D eigenvalue weighted by molar-refractivity contribution is -0.143. The highest BCUT2D eigenvalue weighted by Gasteiger charge is 2.11. The SMILES string of the molecule is C=CCCCCCSCC(C)C(=O)OC. The first-order valence-corrected chi connectivity index (χ1v) is 6.64. The van der Waals surface area contributed by atoms with Gasteiger partial charge in [0.2, 0.25) is 0 Å². The average Bonchev–Trinajstić information content (AvgIpc) is 2.26. The minimum Gasteiger partial charge on any atom is -0.469 e. The maximum atomic E-state index is 11.1. The van der Waals surface area contributed by atoms with Crippen LogP contribution in [0.5, 0.6) is 0 Å². The molecule has 0 rings (SSSR count). The number of carbonyl (C=O) groups excluding carboxylic acids is 1. The van der Waals surface area contributed by atoms with Gasteiger partial charge in [0.15, 0.2) is 0 Å². The van der Waals surface area contributed by atoms with Gasteiger partial charge in [-0.25, -0.2) is 0 Å². The fourth-order valence-corrected chi connectivity index (χ4v) is 2.26. The molecule has 0 bridgehead atoms. The summed E-state index contributed by atoms with van der Waals surface area (Å²) in [6.45, 7) is 5.60. The normalized spacial score (nSPS) is 12.1. The van der Waals surface area contributed by atoms with Gasteiger partial charge in [0.05, 0.1) is 13.0 Å². The number of hydrogen-bond donors (Lipinski definition) is 0. The van der Waals surface area contributed by atoms with E-state index in [-0.39, 0.29) is 11.9 Å². The van der Waals surface area contributed by atoms with Crippen LogP contribution in [0, 0.1) is 5.92 Å². The quantitative estimate of drug-likeness (QED) is 0.345. The van der Waals surface area contributed by atoms with Gasteiger partial charge in [0.25, 0.3) is 0 Å². The van der Waals surface area contributed by atoms with E-state index in [9.17, 15) is 4.79 Å². The van der Waals surface area contributed by atoms with Crippen LogP contribution in [-0.2, 0) is 9.53 Å². The van der Waals surface area contributed by atoms with Gasteiger partial charge < -0.3 is 4.74 Å². The zero-order chi connectivity index (χ0) is 11.5. The van der Waals surface area contributed by atoms with Gasteiger partial charge in [0, 0.05) is 5.75 Å². The number of rotatable bonds is 9. The van der Waals surface area contributed by atoms with Gasteiger partial charge >= 0.3 is 5.97 Å². The Morgan fingerprint density at radius 1 is 1.47 bits per heavy atom. The third-order valence-electron chi connectivity index (χ3n) is 2.17. The summed E-state index contributed by atoms with van der Waals surface area (Å²) in [5.41, 5.74) is 0. The molecule has 1 unspecified atom stereocenters. The highest BCUT2D eigenvalue weighted by molar-refractivity contribution is 7.99. The number of ether oxygens (including phenoxy) is 1. The molecule has 0 aliphatic carbocycles. The molecule has 88 valence electrons. The Labute approximate surface area is 97.5 Å². The number of methoxy groups -OCH3 is 1. The van der Waals surface area contributed by atoms with E-state index in [2.05, 4.69) is 11.3 Å². The van der Waals surface area contributed by atoms with Gasteiger partial charge in [0.1, 0.15) is 0 Å². The van der Waals surface area contributed by atoms with E-state index in [1.54, 1.807) is 0 Å². The fraction of sp³-hybridized carbons (Fsp3) is 0.750. The monoisotopic (exact) mass is 230 g/mol. The number of hydrogen-bond acceptors (Lipinski definition) is 3. The lowest BCUT2D eigenvalue weighted by Gasteiger charge is -2.08. The summed E-state index contributed by atoms with van der Waals surface area (Å²) in [7, 11) is 1.44. The largest absolute Gasteiger partial charge is 0.469 e. The molecule has 0 saturated heterocycles. The molecule has 0 amide bonds. The number of esters is 1. The van der Waals surface area contributed by atoms with Gasteiger partial charge in [-0.05, 0) is 25.0 Å². The molecule has 0 aliphatic rings. The van der Waals surface area contributed by atoms with Crippen LogP contribution in [0.1, 0.15) is 32.6 Å². The van der Waals surface area contributed by atoms with E-state index in [4.69, 9.17) is 0 Å². The van der Waals surface area contributed by atoms with Gasteiger partial charge in [-0.15, -0.1) is 6.58 Å². The Hall–Kier alpha value is -0.440. The van der Waals surface area contributed by atoms with Gasteiger partial charge in [-0.3, -0.25) is 4.79 Å². The minimum absolute atomic E-state index is 0.0215. The highest BCUT2D eigenvalue weighted by atomic mass is 32.2. The first kappa shape index (κ1) is 14.6. The van der Waals surface area contributed by atoms with Crippen molar-refractivity contribution >= 4 is 17.7 Å². The van der Waals surface area contributed by atoms with E-state index in [0.29, 0.717) is 0 Å². The van der Waals surface area contributed by atoms with E-state index >= 15 is 0 Å². The highest BCUT2D eigenvalue weighted by Crippen LogP contribution is 2.12. The average molecular weight is 230 g/mol. The second-order valence-electron chi connectivity index (χ2n) is 3.64. The summed E-state index contributed by atoms with van der Waals surface area (Å²) in [5, 5.41) is 0. The lowest BCUT2D eigenvalue weighted by Crippen LogP contribution is -2.15. The van der Waals surface area contributed by atoms with Crippen molar-refractivity contribution in [1.29, 1.82) is 0 Å². The van der Waals surface area contributed by atoms with E-state index in [1.165, 1.54) is 26.4 Å². The molecule has 0 saturated carbocycles. The molecular weight excluding hydrogens is 208 g/mol. The summed E-state index contributed by atoms with van der Waals surface area (Å²) >= 11 is 1.84. The van der Waals surface area contributed by atoms with Gasteiger partial charge in [-0.2, -0.15) is 11.8 Å². The van der Waals surface area contributed by atoms with Crippen molar-refractivity contribution < 1.29 is 9.53 Å². The number of carbonyl (C=O) groups is 1. The molecule has 0 N–H and O–H groups in total. The van der Waals surface area contributed by atoms with Crippen LogP contribution in [0.4, 0.5) is 0 Å². The van der Waals surface area contributed by atoms with E-state index in [1.807, 2.05) is 24.8 Å². The van der Waals surface area contributed by atoms with Crippen molar-refractivity contribution in [2.24, 2.45) is 5.92 Å². The van der Waals surface area contributed by atoms with Crippen LogP contribution in [0.3, 0.4) is 0 Å². The van der Waals surface area contributed by atoms with E-state index in [0.717, 1.165) is 17.9 Å². The molecule has 0 fully saturated rings. The maximum Gasteiger partial charge on any atom is 0.309 e. The molecule has 3 heteroatoms. The van der Waals surface area contributed by atoms with E-state index < -0.39 is 0 Å². The molecular formula is C12H22O2S. The van der Waals surface area contributed by atoms with Crippen LogP contribution >= 0.6 is 11.8 Å². The lowest BCUT2D eigenvalue weighted by atomic mass is 10.2. The minimum atomic E-state index is -0.103. The summed E-state index contributed by atoms with van der Waals surface area (Å²) < 4.78 is 4.66. The standard InChI is InChI=1S/C12H22O2S/c1-4-5-6-7-8-9-15-10-11(2)12(13)14-3/h4,11H,1,5-10H2,2-3H3. The number of unbranched alkanes of at least 4 members (excludes halogenated alkanes) is 3. The third-order valence-corrected chi connectivity index (χ3v) is 3.48. The van der Waals surface area contributed by atoms with Crippen LogP contribution in [0.2, 0.25) is 0 Å². The fourth-order valence-electron chi connectivity index (χ4n) is 1.20. The second-order valence-corrected chi connectivity index (χ2v) is 4.79. The summed E-state index contributed by atoms with van der Waals surface area (Å²) in [4.78, 5) is 11.1. The Morgan fingerprint density at radius 3 is 2.80 bits per heavy atom. The Morgan fingerprint density at radius 2 is 2.20 bits per heavy atom. The van der Waals surface area contributed by atoms with Crippen molar-refractivity contribution in [3.8, 4) is 0 Å². The Balaban J connectivity index is 3.23. The summed E-state index contributed by atoms with van der Waals surface area (Å²) in [5.74, 6) is 1.93. The smallest absolute Gasteiger partial charge is 0.309 e. The molecule has 15 heavy (non-hydrogen) atoms. The Kier molecular flexibility index (Phi) is 9.79. The zero-order valence-electron chi connectivity index (χ0n) is 9.83.